The molecule has 1 heterocycles. The molecule has 0 saturated heterocycles. The molecule has 3 aromatic carbocycles. The van der Waals surface area contributed by atoms with Gasteiger partial charge < -0.3 is 14.8 Å². The maximum atomic E-state index is 13.7. The van der Waals surface area contributed by atoms with Crippen LogP contribution < -0.4 is 39.6 Å². The van der Waals surface area contributed by atoms with Crippen molar-refractivity contribution >= 4 is 57.5 Å². The van der Waals surface area contributed by atoms with Crippen LogP contribution in [0.25, 0.3) is 16.6 Å². The number of fused-ring (bicyclic) bond motifs is 1. The van der Waals surface area contributed by atoms with Crippen molar-refractivity contribution in [2.45, 2.75) is 11.3 Å². The maximum absolute atomic E-state index is 13.7. The molecule has 35 heavy (non-hydrogen) atoms. The van der Waals surface area contributed by atoms with Crippen LogP contribution in [0.15, 0.2) is 77.2 Å². The first-order chi connectivity index (χ1) is 16.4. The van der Waals surface area contributed by atoms with E-state index >= 15 is 0 Å². The molecule has 0 unspecified atom stereocenters. The van der Waals surface area contributed by atoms with E-state index in [9.17, 15) is 14.7 Å². The molecule has 0 amide bonds. The summed E-state index contributed by atoms with van der Waals surface area (Å²) in [7, 11) is 3.89. The number of allylic oxidation sites excluding steroid dienone is 1. The van der Waals surface area contributed by atoms with Gasteiger partial charge in [-0.2, -0.15) is 8.75 Å². The second kappa shape index (κ2) is 12.0. The monoisotopic (exact) mass is 511 g/mol. The summed E-state index contributed by atoms with van der Waals surface area (Å²) in [4.78, 5) is 29.1. The van der Waals surface area contributed by atoms with Crippen molar-refractivity contribution in [3.63, 3.8) is 0 Å². The van der Waals surface area contributed by atoms with Gasteiger partial charge in [0.25, 0.3) is 0 Å². The van der Waals surface area contributed by atoms with E-state index in [1.54, 1.807) is 42.1 Å². The molecule has 1 aromatic heterocycles. The van der Waals surface area contributed by atoms with Gasteiger partial charge in [-0.3, -0.25) is 4.79 Å². The Morgan fingerprint density at radius 3 is 2.14 bits per heavy atom. The molecule has 9 heteroatoms. The van der Waals surface area contributed by atoms with Gasteiger partial charge in [-0.25, -0.2) is 0 Å². The Morgan fingerprint density at radius 1 is 0.914 bits per heavy atom. The Labute approximate surface area is 234 Å². The van der Waals surface area contributed by atoms with Gasteiger partial charge in [0.1, 0.15) is 11.0 Å². The zero-order chi connectivity index (χ0) is 24.2. The van der Waals surface area contributed by atoms with Crippen LogP contribution in [0.4, 0.5) is 5.69 Å². The van der Waals surface area contributed by atoms with E-state index in [4.69, 9.17) is 0 Å². The van der Waals surface area contributed by atoms with E-state index in [2.05, 4.69) is 8.75 Å². The summed E-state index contributed by atoms with van der Waals surface area (Å²) in [5, 5.41) is 12.4. The van der Waals surface area contributed by atoms with Crippen LogP contribution in [0.2, 0.25) is 0 Å². The summed E-state index contributed by atoms with van der Waals surface area (Å²) in [6, 6.07) is 19.8. The van der Waals surface area contributed by atoms with Crippen LogP contribution in [0.1, 0.15) is 21.5 Å². The van der Waals surface area contributed by atoms with Crippen molar-refractivity contribution in [1.82, 2.24) is 8.75 Å². The molecule has 4 rings (SSSR count). The first kappa shape index (κ1) is 27.1. The van der Waals surface area contributed by atoms with Crippen LogP contribution >= 0.6 is 23.5 Å². The van der Waals surface area contributed by atoms with Crippen molar-refractivity contribution in [2.24, 2.45) is 0 Å². The van der Waals surface area contributed by atoms with Crippen molar-refractivity contribution in [3.8, 4) is 0 Å². The molecule has 0 saturated carbocycles. The smallest absolute Gasteiger partial charge is 0.545 e. The number of aliphatic carboxylic acids is 1. The number of rotatable bonds is 8. The summed E-state index contributed by atoms with van der Waals surface area (Å²) in [6.45, 7) is 0. The summed E-state index contributed by atoms with van der Waals surface area (Å²) in [5.41, 5.74) is 3.91. The van der Waals surface area contributed by atoms with Crippen molar-refractivity contribution in [2.75, 3.05) is 25.3 Å². The Bertz CT molecular complexity index is 1380. The number of ketones is 1. The molecular weight excluding hydrogens is 489 g/mol. The van der Waals surface area contributed by atoms with Gasteiger partial charge in [0.15, 0.2) is 5.78 Å². The van der Waals surface area contributed by atoms with Gasteiger partial charge in [0.2, 0.25) is 0 Å². The van der Waals surface area contributed by atoms with Crippen LogP contribution in [0.5, 0.6) is 0 Å². The van der Waals surface area contributed by atoms with E-state index in [1.165, 1.54) is 0 Å². The SMILES string of the molecule is CSc1ccc(C(=O)C(Cc2ccc(N(C)C)cc2)=C(C(=O)[O-])c2ccc3nsnc3c2)cc1.[Na+]. The molecule has 0 bridgehead atoms. The van der Waals surface area contributed by atoms with Crippen LogP contribution in [0, 0.1) is 0 Å². The zero-order valence-corrected chi connectivity index (χ0v) is 23.6. The standard InChI is InChI=1S/C26H23N3O3S2.Na/c1-29(2)19-9-4-16(5-10-19)14-21(25(30)17-6-11-20(33-3)12-7-17)24(26(31)32)18-8-13-22-23(15-18)28-34-27-22;/h4-13,15H,14H2,1-3H3,(H,31,32);/q;+1/p-1. The molecule has 4 aromatic rings. The average molecular weight is 512 g/mol. The number of Topliss-reactive ketones (excluding diaryl/α,β-unsaturated/α-hetero) is 1. The average Bonchev–Trinajstić information content (AvgIpc) is 3.31. The minimum atomic E-state index is -1.41. The minimum Gasteiger partial charge on any atom is -0.545 e. The van der Waals surface area contributed by atoms with Gasteiger partial charge >= 0.3 is 29.6 Å². The quantitative estimate of drug-likeness (QED) is 0.152. The summed E-state index contributed by atoms with van der Waals surface area (Å²) < 4.78 is 8.39. The minimum absolute atomic E-state index is 0. The normalized spacial score (nSPS) is 11.5. The molecule has 0 aliphatic rings. The number of carbonyl (C=O) groups is 2. The summed E-state index contributed by atoms with van der Waals surface area (Å²) >= 11 is 2.62. The summed E-state index contributed by atoms with van der Waals surface area (Å²) in [6.07, 6.45) is 2.10. The molecule has 0 spiro atoms. The van der Waals surface area contributed by atoms with Gasteiger partial charge in [-0.1, -0.05) is 18.2 Å². The number of benzene rings is 3. The largest absolute Gasteiger partial charge is 1.00 e. The zero-order valence-electron chi connectivity index (χ0n) is 19.9. The number of carboxylic acid groups (broad SMARTS) is 1. The molecule has 0 radical (unpaired) electrons. The van der Waals surface area contributed by atoms with Crippen LogP contribution in [-0.4, -0.2) is 40.9 Å². The molecule has 6 nitrogen and oxygen atoms in total. The molecule has 0 aliphatic heterocycles. The molecule has 0 fully saturated rings. The number of hydrogen-bond donors (Lipinski definition) is 0. The number of aromatic nitrogens is 2. The van der Waals surface area contributed by atoms with E-state index in [1.807, 2.05) is 61.6 Å². The van der Waals surface area contributed by atoms with Crippen molar-refractivity contribution in [3.05, 3.63) is 89.0 Å². The Hall–Kier alpha value is -2.49. The fourth-order valence-electron chi connectivity index (χ4n) is 3.67. The van der Waals surface area contributed by atoms with E-state index in [0.717, 1.165) is 27.9 Å². The van der Waals surface area contributed by atoms with Gasteiger partial charge in [0, 0.05) is 47.8 Å². The second-order valence-electron chi connectivity index (χ2n) is 7.90. The third-order valence-corrected chi connectivity index (χ3v) is 6.81. The van der Waals surface area contributed by atoms with Crippen molar-refractivity contribution < 1.29 is 44.3 Å². The topological polar surface area (TPSA) is 86.2 Å². The van der Waals surface area contributed by atoms with Gasteiger partial charge in [-0.05, 0) is 65.9 Å². The predicted molar refractivity (Wildman–Crippen MR) is 136 cm³/mol. The molecule has 0 atom stereocenters. The number of nitrogens with zero attached hydrogens (tertiary/aromatic N) is 3. The number of carboxylic acids is 1. The molecule has 0 aliphatic carbocycles. The fraction of sp³-hybridized carbons (Fsp3) is 0.154. The Kier molecular flexibility index (Phi) is 9.27. The van der Waals surface area contributed by atoms with Crippen LogP contribution in [-0.2, 0) is 11.2 Å². The Morgan fingerprint density at radius 2 is 1.54 bits per heavy atom. The summed E-state index contributed by atoms with van der Waals surface area (Å²) in [5.74, 6) is -1.75. The predicted octanol–water partition coefficient (Wildman–Crippen LogP) is 1.11. The molecular formula is C26H22N3NaO3S2. The van der Waals surface area contributed by atoms with Crippen LogP contribution in [0.3, 0.4) is 0 Å². The third-order valence-electron chi connectivity index (χ3n) is 5.51. The number of hydrogen-bond acceptors (Lipinski definition) is 8. The number of thioether (sulfide) groups is 1. The number of anilines is 1. The Balaban J connectivity index is 0.00000342. The van der Waals surface area contributed by atoms with E-state index < -0.39 is 5.97 Å². The first-order valence-corrected chi connectivity index (χ1v) is 12.4. The first-order valence-electron chi connectivity index (χ1n) is 10.5. The maximum Gasteiger partial charge on any atom is 1.00 e. The fourth-order valence-corrected chi connectivity index (χ4v) is 4.59. The van der Waals surface area contributed by atoms with Crippen molar-refractivity contribution in [1.29, 1.82) is 0 Å². The molecule has 172 valence electrons. The van der Waals surface area contributed by atoms with E-state index in [-0.39, 0.29) is 52.9 Å². The van der Waals surface area contributed by atoms with Gasteiger partial charge in [-0.15, -0.1) is 11.8 Å². The molecule has 0 N–H and O–H groups in total. The second-order valence-corrected chi connectivity index (χ2v) is 9.31. The number of carbonyl (C=O) groups excluding carboxylic acids is 2. The third kappa shape index (κ3) is 6.20. The van der Waals surface area contributed by atoms with E-state index in [0.29, 0.717) is 22.2 Å². The van der Waals surface area contributed by atoms with Gasteiger partial charge in [0.05, 0.1) is 17.7 Å².